The van der Waals surface area contributed by atoms with Gasteiger partial charge in [0.2, 0.25) is 5.91 Å². The lowest BCUT2D eigenvalue weighted by molar-refractivity contribution is -0.122. The molecule has 1 amide bonds. The van der Waals surface area contributed by atoms with E-state index < -0.39 is 5.41 Å². The summed E-state index contributed by atoms with van der Waals surface area (Å²) in [6.07, 6.45) is 7.82. The highest BCUT2D eigenvalue weighted by molar-refractivity contribution is 6.06. The summed E-state index contributed by atoms with van der Waals surface area (Å²) in [5.74, 6) is 0.840. The standard InChI is InChI=1S/C25H28N2O2/c1-2-18-29-22-14-13-21(20-12-9-17-26-23(20)22)27-24(28)25(15-7-4-8-16-25)19-10-5-3-6-11-19/h3,5-6,9-14,17H,2,4,7-8,15-16,18H2,1H3,(H,27,28). The van der Waals surface area contributed by atoms with Crippen molar-refractivity contribution in [2.45, 2.75) is 50.9 Å². The van der Waals surface area contributed by atoms with Gasteiger partial charge in [-0.25, -0.2) is 0 Å². The zero-order valence-electron chi connectivity index (χ0n) is 17.0. The molecule has 1 heterocycles. The van der Waals surface area contributed by atoms with Gasteiger partial charge in [0.1, 0.15) is 11.3 Å². The number of hydrogen-bond acceptors (Lipinski definition) is 3. The molecule has 2 aromatic carbocycles. The fourth-order valence-corrected chi connectivity index (χ4v) is 4.39. The van der Waals surface area contributed by atoms with Gasteiger partial charge in [-0.2, -0.15) is 0 Å². The van der Waals surface area contributed by atoms with Crippen LogP contribution < -0.4 is 10.1 Å². The molecule has 0 bridgehead atoms. The molecule has 1 fully saturated rings. The number of anilines is 1. The Hall–Kier alpha value is -2.88. The summed E-state index contributed by atoms with van der Waals surface area (Å²) in [6, 6.07) is 18.0. The number of fused-ring (bicyclic) bond motifs is 1. The molecule has 0 unspecified atom stereocenters. The highest BCUT2D eigenvalue weighted by Gasteiger charge is 2.41. The van der Waals surface area contributed by atoms with E-state index in [0.717, 1.165) is 60.0 Å². The predicted octanol–water partition coefficient (Wildman–Crippen LogP) is 5.86. The fourth-order valence-electron chi connectivity index (χ4n) is 4.39. The van der Waals surface area contributed by atoms with Gasteiger partial charge in [0.05, 0.1) is 17.7 Å². The van der Waals surface area contributed by atoms with Crippen LogP contribution in [-0.2, 0) is 10.2 Å². The minimum Gasteiger partial charge on any atom is -0.491 e. The molecule has 0 aliphatic heterocycles. The van der Waals surface area contributed by atoms with E-state index in [-0.39, 0.29) is 5.91 Å². The number of aromatic nitrogens is 1. The smallest absolute Gasteiger partial charge is 0.235 e. The Bertz CT molecular complexity index is 979. The number of carbonyl (C=O) groups excluding carboxylic acids is 1. The number of nitrogens with zero attached hydrogens (tertiary/aromatic N) is 1. The van der Waals surface area contributed by atoms with Crippen molar-refractivity contribution in [2.24, 2.45) is 0 Å². The zero-order chi connectivity index (χ0) is 20.1. The first kappa shape index (κ1) is 19.4. The lowest BCUT2D eigenvalue weighted by atomic mass is 9.68. The van der Waals surface area contributed by atoms with E-state index in [0.29, 0.717) is 6.61 Å². The largest absolute Gasteiger partial charge is 0.491 e. The van der Waals surface area contributed by atoms with Gasteiger partial charge in [-0.3, -0.25) is 9.78 Å². The Morgan fingerprint density at radius 2 is 1.83 bits per heavy atom. The predicted molar refractivity (Wildman–Crippen MR) is 117 cm³/mol. The highest BCUT2D eigenvalue weighted by atomic mass is 16.5. The maximum Gasteiger partial charge on any atom is 0.235 e. The van der Waals surface area contributed by atoms with Gasteiger partial charge in [0.25, 0.3) is 0 Å². The SMILES string of the molecule is CCCOc1ccc(NC(=O)C2(c3ccccc3)CCCCC2)c2cccnc12. The van der Waals surface area contributed by atoms with Crippen molar-refractivity contribution in [3.63, 3.8) is 0 Å². The number of rotatable bonds is 6. The summed E-state index contributed by atoms with van der Waals surface area (Å²) >= 11 is 0. The van der Waals surface area contributed by atoms with Crippen LogP contribution in [0.2, 0.25) is 0 Å². The number of ether oxygens (including phenoxy) is 1. The topological polar surface area (TPSA) is 51.2 Å². The van der Waals surface area contributed by atoms with Crippen LogP contribution in [0.3, 0.4) is 0 Å². The maximum absolute atomic E-state index is 13.6. The van der Waals surface area contributed by atoms with Crippen LogP contribution in [0.25, 0.3) is 10.9 Å². The van der Waals surface area contributed by atoms with Crippen molar-refractivity contribution < 1.29 is 9.53 Å². The highest BCUT2D eigenvalue weighted by Crippen LogP contribution is 2.41. The third-order valence-corrected chi connectivity index (χ3v) is 5.91. The van der Waals surface area contributed by atoms with Crippen molar-refractivity contribution in [2.75, 3.05) is 11.9 Å². The number of benzene rings is 2. The quantitative estimate of drug-likeness (QED) is 0.575. The molecule has 0 atom stereocenters. The summed E-state index contributed by atoms with van der Waals surface area (Å²) < 4.78 is 5.86. The van der Waals surface area contributed by atoms with E-state index in [4.69, 9.17) is 4.74 Å². The van der Waals surface area contributed by atoms with E-state index in [2.05, 4.69) is 29.4 Å². The summed E-state index contributed by atoms with van der Waals surface area (Å²) in [5.41, 5.74) is 2.23. The van der Waals surface area contributed by atoms with E-state index >= 15 is 0 Å². The van der Waals surface area contributed by atoms with E-state index in [1.54, 1.807) is 6.20 Å². The van der Waals surface area contributed by atoms with Crippen LogP contribution in [-0.4, -0.2) is 17.5 Å². The molecular weight excluding hydrogens is 360 g/mol. The van der Waals surface area contributed by atoms with Crippen LogP contribution >= 0.6 is 0 Å². The molecule has 1 saturated carbocycles. The minimum absolute atomic E-state index is 0.0794. The molecule has 4 rings (SSSR count). The molecule has 0 radical (unpaired) electrons. The van der Waals surface area contributed by atoms with Crippen molar-refractivity contribution in [3.05, 3.63) is 66.4 Å². The van der Waals surface area contributed by atoms with E-state index in [1.807, 2.05) is 42.5 Å². The van der Waals surface area contributed by atoms with Crippen LogP contribution in [0.4, 0.5) is 5.69 Å². The van der Waals surface area contributed by atoms with Crippen molar-refractivity contribution in [1.29, 1.82) is 0 Å². The van der Waals surface area contributed by atoms with Gasteiger partial charge in [0.15, 0.2) is 0 Å². The molecule has 0 spiro atoms. The lowest BCUT2D eigenvalue weighted by Gasteiger charge is -2.36. The number of carbonyl (C=O) groups is 1. The molecule has 4 heteroatoms. The maximum atomic E-state index is 13.6. The van der Waals surface area contributed by atoms with Gasteiger partial charge < -0.3 is 10.1 Å². The first-order valence-electron chi connectivity index (χ1n) is 10.6. The first-order chi connectivity index (χ1) is 14.2. The average molecular weight is 389 g/mol. The van der Waals surface area contributed by atoms with Gasteiger partial charge in [-0.15, -0.1) is 0 Å². The fraction of sp³-hybridized carbons (Fsp3) is 0.360. The molecule has 1 aliphatic carbocycles. The molecular formula is C25H28N2O2. The molecule has 1 N–H and O–H groups in total. The summed E-state index contributed by atoms with van der Waals surface area (Å²) in [7, 11) is 0. The summed E-state index contributed by atoms with van der Waals surface area (Å²) in [4.78, 5) is 18.1. The van der Waals surface area contributed by atoms with Crippen LogP contribution in [0.15, 0.2) is 60.8 Å². The van der Waals surface area contributed by atoms with Gasteiger partial charge in [0, 0.05) is 11.6 Å². The first-order valence-corrected chi connectivity index (χ1v) is 10.6. The molecule has 29 heavy (non-hydrogen) atoms. The Balaban J connectivity index is 1.69. The Labute approximate surface area is 172 Å². The van der Waals surface area contributed by atoms with Crippen molar-refractivity contribution in [3.8, 4) is 5.75 Å². The molecule has 1 aliphatic rings. The van der Waals surface area contributed by atoms with Crippen molar-refractivity contribution >= 4 is 22.5 Å². The molecule has 4 nitrogen and oxygen atoms in total. The average Bonchev–Trinajstić information content (AvgIpc) is 2.79. The second-order valence-corrected chi connectivity index (χ2v) is 7.82. The third kappa shape index (κ3) is 3.84. The second kappa shape index (κ2) is 8.64. The van der Waals surface area contributed by atoms with Gasteiger partial charge in [-0.1, -0.05) is 56.5 Å². The number of hydrogen-bond donors (Lipinski definition) is 1. The second-order valence-electron chi connectivity index (χ2n) is 7.82. The minimum atomic E-state index is -0.467. The Morgan fingerprint density at radius 3 is 2.59 bits per heavy atom. The Kier molecular flexibility index (Phi) is 5.79. The zero-order valence-corrected chi connectivity index (χ0v) is 17.0. The molecule has 150 valence electrons. The molecule has 1 aromatic heterocycles. The van der Waals surface area contributed by atoms with Crippen LogP contribution in [0.5, 0.6) is 5.75 Å². The molecule has 0 saturated heterocycles. The number of amides is 1. The van der Waals surface area contributed by atoms with Crippen molar-refractivity contribution in [1.82, 2.24) is 4.98 Å². The van der Waals surface area contributed by atoms with Crippen LogP contribution in [0.1, 0.15) is 51.0 Å². The monoisotopic (exact) mass is 388 g/mol. The van der Waals surface area contributed by atoms with Gasteiger partial charge >= 0.3 is 0 Å². The van der Waals surface area contributed by atoms with E-state index in [1.165, 1.54) is 6.42 Å². The summed E-state index contributed by atoms with van der Waals surface area (Å²) in [6.45, 7) is 2.73. The van der Waals surface area contributed by atoms with E-state index in [9.17, 15) is 4.79 Å². The number of nitrogens with one attached hydrogen (secondary N) is 1. The van der Waals surface area contributed by atoms with Crippen LogP contribution in [0, 0.1) is 0 Å². The lowest BCUT2D eigenvalue weighted by Crippen LogP contribution is -2.42. The van der Waals surface area contributed by atoms with Gasteiger partial charge in [-0.05, 0) is 49.1 Å². The third-order valence-electron chi connectivity index (χ3n) is 5.91. The summed E-state index contributed by atoms with van der Waals surface area (Å²) in [5, 5.41) is 4.15. The molecule has 3 aromatic rings. The number of pyridine rings is 1. The Morgan fingerprint density at radius 1 is 1.03 bits per heavy atom. The normalized spacial score (nSPS) is 15.8.